The molecule has 102 valence electrons. The molecule has 0 aromatic carbocycles. The molecular formula is C12H27N3O2. The van der Waals surface area contributed by atoms with Gasteiger partial charge in [-0.2, -0.15) is 0 Å². The Bertz CT molecular complexity index is 190. The minimum Gasteiger partial charge on any atom is -0.355 e. The number of methoxy groups -OCH3 is 2. The first-order valence-electron chi connectivity index (χ1n) is 6.30. The number of piperazine rings is 1. The fourth-order valence-corrected chi connectivity index (χ4v) is 1.99. The summed E-state index contributed by atoms with van der Waals surface area (Å²) in [4.78, 5) is 7.16. The van der Waals surface area contributed by atoms with Gasteiger partial charge in [-0.1, -0.05) is 0 Å². The van der Waals surface area contributed by atoms with Crippen LogP contribution in [-0.2, 0) is 9.47 Å². The molecule has 0 N–H and O–H groups in total. The monoisotopic (exact) mass is 245 g/mol. The van der Waals surface area contributed by atoms with Crippen LogP contribution in [0, 0.1) is 0 Å². The predicted octanol–water partition coefficient (Wildman–Crippen LogP) is -0.215. The molecule has 17 heavy (non-hydrogen) atoms. The van der Waals surface area contributed by atoms with Crippen molar-refractivity contribution in [1.82, 2.24) is 14.7 Å². The lowest BCUT2D eigenvalue weighted by molar-refractivity contribution is -0.119. The van der Waals surface area contributed by atoms with Gasteiger partial charge in [-0.15, -0.1) is 0 Å². The predicted molar refractivity (Wildman–Crippen MR) is 69.2 cm³/mol. The maximum atomic E-state index is 5.22. The molecule has 0 aliphatic carbocycles. The van der Waals surface area contributed by atoms with E-state index in [0.29, 0.717) is 0 Å². The van der Waals surface area contributed by atoms with Crippen LogP contribution in [0.2, 0.25) is 0 Å². The molecule has 5 nitrogen and oxygen atoms in total. The molecule has 0 aromatic rings. The highest BCUT2D eigenvalue weighted by Crippen LogP contribution is 2.04. The van der Waals surface area contributed by atoms with Crippen LogP contribution in [0.3, 0.4) is 0 Å². The van der Waals surface area contributed by atoms with Gasteiger partial charge in [-0.3, -0.25) is 9.80 Å². The molecule has 0 amide bonds. The van der Waals surface area contributed by atoms with Gasteiger partial charge < -0.3 is 14.4 Å². The van der Waals surface area contributed by atoms with Crippen molar-refractivity contribution >= 4 is 0 Å². The normalized spacial score (nSPS) is 19.4. The van der Waals surface area contributed by atoms with E-state index in [1.165, 1.54) is 6.54 Å². The number of ether oxygens (including phenoxy) is 2. The number of rotatable bonds is 7. The van der Waals surface area contributed by atoms with E-state index in [-0.39, 0.29) is 6.29 Å². The topological polar surface area (TPSA) is 28.2 Å². The second-order valence-corrected chi connectivity index (χ2v) is 4.85. The van der Waals surface area contributed by atoms with Crippen LogP contribution in [0.15, 0.2) is 0 Å². The summed E-state index contributed by atoms with van der Waals surface area (Å²) in [5, 5.41) is 0. The summed E-state index contributed by atoms with van der Waals surface area (Å²) in [5.74, 6) is 0. The van der Waals surface area contributed by atoms with Crippen molar-refractivity contribution in [3.8, 4) is 0 Å². The van der Waals surface area contributed by atoms with Crippen LogP contribution in [0.5, 0.6) is 0 Å². The Morgan fingerprint density at radius 1 is 1.00 bits per heavy atom. The Morgan fingerprint density at radius 3 is 2.00 bits per heavy atom. The maximum Gasteiger partial charge on any atom is 0.169 e. The van der Waals surface area contributed by atoms with Gasteiger partial charge >= 0.3 is 0 Å². The molecule has 0 saturated carbocycles. The zero-order valence-electron chi connectivity index (χ0n) is 11.7. The van der Waals surface area contributed by atoms with Gasteiger partial charge in [0.2, 0.25) is 0 Å². The minimum atomic E-state index is -0.0941. The first-order valence-corrected chi connectivity index (χ1v) is 6.30. The molecule has 1 aliphatic heterocycles. The molecule has 0 aromatic heterocycles. The molecule has 0 unspecified atom stereocenters. The van der Waals surface area contributed by atoms with Gasteiger partial charge in [0.15, 0.2) is 6.29 Å². The zero-order valence-corrected chi connectivity index (χ0v) is 11.7. The van der Waals surface area contributed by atoms with Crippen molar-refractivity contribution in [3.63, 3.8) is 0 Å². The SMILES string of the molecule is COC(CN1CCN(CCN(C)C)CC1)OC. The summed E-state index contributed by atoms with van der Waals surface area (Å²) in [6.45, 7) is 7.68. The summed E-state index contributed by atoms with van der Waals surface area (Å²) in [7, 11) is 7.64. The van der Waals surface area contributed by atoms with E-state index in [0.717, 1.165) is 39.3 Å². The molecule has 1 aliphatic rings. The maximum absolute atomic E-state index is 5.22. The Balaban J connectivity index is 2.16. The Kier molecular flexibility index (Phi) is 6.99. The fraction of sp³-hybridized carbons (Fsp3) is 1.00. The molecule has 0 spiro atoms. The van der Waals surface area contributed by atoms with Crippen molar-refractivity contribution < 1.29 is 9.47 Å². The van der Waals surface area contributed by atoms with Crippen molar-refractivity contribution in [2.24, 2.45) is 0 Å². The highest BCUT2D eigenvalue weighted by atomic mass is 16.7. The minimum absolute atomic E-state index is 0.0941. The van der Waals surface area contributed by atoms with E-state index in [9.17, 15) is 0 Å². The third-order valence-electron chi connectivity index (χ3n) is 3.26. The van der Waals surface area contributed by atoms with Gasteiger partial charge in [0.05, 0.1) is 0 Å². The number of likely N-dealkylation sites (N-methyl/N-ethyl adjacent to an activating group) is 1. The quantitative estimate of drug-likeness (QED) is 0.579. The van der Waals surface area contributed by atoms with Gasteiger partial charge in [0, 0.05) is 60.0 Å². The van der Waals surface area contributed by atoms with Crippen LogP contribution >= 0.6 is 0 Å². The number of nitrogens with zero attached hydrogens (tertiary/aromatic N) is 3. The van der Waals surface area contributed by atoms with E-state index in [4.69, 9.17) is 9.47 Å². The molecule has 0 bridgehead atoms. The van der Waals surface area contributed by atoms with E-state index < -0.39 is 0 Å². The van der Waals surface area contributed by atoms with Crippen molar-refractivity contribution in [2.75, 3.05) is 74.1 Å². The standard InChI is InChI=1S/C12H27N3O2/c1-13(2)5-6-14-7-9-15(10-8-14)11-12(16-3)17-4/h12H,5-11H2,1-4H3. The molecule has 1 heterocycles. The van der Waals surface area contributed by atoms with E-state index in [2.05, 4.69) is 28.8 Å². The molecule has 1 rings (SSSR count). The van der Waals surface area contributed by atoms with E-state index in [1.807, 2.05) is 0 Å². The van der Waals surface area contributed by atoms with E-state index >= 15 is 0 Å². The Labute approximate surface area is 105 Å². The van der Waals surface area contributed by atoms with Gasteiger partial charge in [0.25, 0.3) is 0 Å². The summed E-state index contributed by atoms with van der Waals surface area (Å²) in [6.07, 6.45) is -0.0941. The highest BCUT2D eigenvalue weighted by molar-refractivity contribution is 4.73. The highest BCUT2D eigenvalue weighted by Gasteiger charge is 2.19. The van der Waals surface area contributed by atoms with Gasteiger partial charge in [-0.05, 0) is 14.1 Å². The smallest absolute Gasteiger partial charge is 0.169 e. The lowest BCUT2D eigenvalue weighted by Gasteiger charge is -2.36. The average Bonchev–Trinajstić information content (AvgIpc) is 2.34. The molecule has 0 atom stereocenters. The van der Waals surface area contributed by atoms with Crippen LogP contribution in [0.4, 0.5) is 0 Å². The van der Waals surface area contributed by atoms with Crippen LogP contribution in [0.25, 0.3) is 0 Å². The first kappa shape index (κ1) is 14.9. The summed E-state index contributed by atoms with van der Waals surface area (Å²) >= 11 is 0. The molecular weight excluding hydrogens is 218 g/mol. The summed E-state index contributed by atoms with van der Waals surface area (Å²) in [5.41, 5.74) is 0. The van der Waals surface area contributed by atoms with Gasteiger partial charge in [0.1, 0.15) is 0 Å². The third kappa shape index (κ3) is 5.79. The molecule has 5 heteroatoms. The fourth-order valence-electron chi connectivity index (χ4n) is 1.99. The Hall–Kier alpha value is -0.200. The van der Waals surface area contributed by atoms with Crippen LogP contribution in [-0.4, -0.2) is 95.1 Å². The average molecular weight is 245 g/mol. The Morgan fingerprint density at radius 2 is 1.53 bits per heavy atom. The lowest BCUT2D eigenvalue weighted by Crippen LogP contribution is -2.50. The van der Waals surface area contributed by atoms with E-state index in [1.54, 1.807) is 14.2 Å². The lowest BCUT2D eigenvalue weighted by atomic mass is 10.3. The number of hydrogen-bond donors (Lipinski definition) is 0. The summed E-state index contributed by atoms with van der Waals surface area (Å²) < 4.78 is 10.4. The second-order valence-electron chi connectivity index (χ2n) is 4.85. The molecule has 1 fully saturated rings. The second kappa shape index (κ2) is 8.00. The van der Waals surface area contributed by atoms with Crippen molar-refractivity contribution in [3.05, 3.63) is 0 Å². The molecule has 0 radical (unpaired) electrons. The third-order valence-corrected chi connectivity index (χ3v) is 3.26. The van der Waals surface area contributed by atoms with Crippen molar-refractivity contribution in [2.45, 2.75) is 6.29 Å². The first-order chi connectivity index (χ1) is 8.15. The van der Waals surface area contributed by atoms with Crippen molar-refractivity contribution in [1.29, 1.82) is 0 Å². The largest absolute Gasteiger partial charge is 0.355 e. The van der Waals surface area contributed by atoms with Crippen LogP contribution < -0.4 is 0 Å². The molecule has 1 saturated heterocycles. The number of hydrogen-bond acceptors (Lipinski definition) is 5. The summed E-state index contributed by atoms with van der Waals surface area (Å²) in [6, 6.07) is 0. The zero-order chi connectivity index (χ0) is 12.7. The van der Waals surface area contributed by atoms with Crippen LogP contribution in [0.1, 0.15) is 0 Å². The van der Waals surface area contributed by atoms with Gasteiger partial charge in [-0.25, -0.2) is 0 Å².